The van der Waals surface area contributed by atoms with Gasteiger partial charge < -0.3 is 5.32 Å². The highest BCUT2D eigenvalue weighted by Gasteiger charge is 2.29. The average molecular weight is 337 g/mol. The monoisotopic (exact) mass is 337 g/mol. The minimum absolute atomic E-state index is 0.0154. The Bertz CT molecular complexity index is 698. The SMILES string of the molecule is CC(C)CCC(C)NC(=O)CN1C=Nc2ccccc2S1(=O)=O. The second-order valence-electron chi connectivity index (χ2n) is 6.20. The zero-order valence-electron chi connectivity index (χ0n) is 13.7. The number of benzene rings is 1. The summed E-state index contributed by atoms with van der Waals surface area (Å²) in [7, 11) is -3.72. The predicted molar refractivity (Wildman–Crippen MR) is 90.2 cm³/mol. The first kappa shape index (κ1) is 17.5. The fourth-order valence-electron chi connectivity index (χ4n) is 2.34. The number of amides is 1. The number of carbonyl (C=O) groups excluding carboxylic acids is 1. The molecule has 1 atom stereocenters. The first-order chi connectivity index (χ1) is 10.8. The topological polar surface area (TPSA) is 78.8 Å². The third-order valence-electron chi connectivity index (χ3n) is 3.66. The van der Waals surface area contributed by atoms with Gasteiger partial charge in [-0.1, -0.05) is 26.0 Å². The van der Waals surface area contributed by atoms with Crippen LogP contribution in [0.1, 0.15) is 33.6 Å². The molecule has 1 aliphatic rings. The van der Waals surface area contributed by atoms with Crippen LogP contribution in [0.4, 0.5) is 5.69 Å². The molecule has 7 heteroatoms. The normalized spacial score (nSPS) is 17.0. The zero-order chi connectivity index (χ0) is 17.0. The molecular weight excluding hydrogens is 314 g/mol. The molecule has 0 fully saturated rings. The van der Waals surface area contributed by atoms with Crippen molar-refractivity contribution in [1.82, 2.24) is 9.62 Å². The van der Waals surface area contributed by atoms with E-state index >= 15 is 0 Å². The molecule has 0 saturated carbocycles. The van der Waals surface area contributed by atoms with Gasteiger partial charge in [0.2, 0.25) is 5.91 Å². The van der Waals surface area contributed by atoms with E-state index in [0.717, 1.165) is 17.1 Å². The molecule has 1 aliphatic heterocycles. The Morgan fingerprint density at radius 2 is 1.91 bits per heavy atom. The fourth-order valence-corrected chi connectivity index (χ4v) is 3.69. The van der Waals surface area contributed by atoms with Gasteiger partial charge in [-0.25, -0.2) is 17.7 Å². The number of rotatable bonds is 6. The first-order valence-electron chi connectivity index (χ1n) is 7.75. The lowest BCUT2D eigenvalue weighted by atomic mass is 10.0. The molecule has 2 rings (SSSR count). The Kier molecular flexibility index (Phi) is 5.41. The number of aliphatic imine (C=N–C) groups is 1. The van der Waals surface area contributed by atoms with E-state index in [1.165, 1.54) is 12.4 Å². The Morgan fingerprint density at radius 3 is 2.61 bits per heavy atom. The third-order valence-corrected chi connectivity index (χ3v) is 5.40. The maximum Gasteiger partial charge on any atom is 0.267 e. The number of fused-ring (bicyclic) bond motifs is 1. The zero-order valence-corrected chi connectivity index (χ0v) is 14.5. The molecule has 1 heterocycles. The van der Waals surface area contributed by atoms with Crippen LogP contribution in [-0.4, -0.2) is 37.6 Å². The molecular formula is C16H23N3O3S. The lowest BCUT2D eigenvalue weighted by Crippen LogP contribution is -2.43. The van der Waals surface area contributed by atoms with Crippen molar-refractivity contribution in [2.45, 2.75) is 44.6 Å². The molecule has 0 aliphatic carbocycles. The minimum atomic E-state index is -3.72. The van der Waals surface area contributed by atoms with Gasteiger partial charge in [0.25, 0.3) is 10.0 Å². The second-order valence-corrected chi connectivity index (χ2v) is 8.06. The lowest BCUT2D eigenvalue weighted by molar-refractivity contribution is -0.121. The van der Waals surface area contributed by atoms with E-state index in [2.05, 4.69) is 24.2 Å². The molecule has 0 bridgehead atoms. The number of carbonyl (C=O) groups is 1. The smallest absolute Gasteiger partial charge is 0.267 e. The Hall–Kier alpha value is -1.89. The van der Waals surface area contributed by atoms with Gasteiger partial charge in [0.05, 0.1) is 5.69 Å². The van der Waals surface area contributed by atoms with Crippen LogP contribution >= 0.6 is 0 Å². The summed E-state index contributed by atoms with van der Waals surface area (Å²) in [5.74, 6) is 0.246. The number of nitrogens with zero attached hydrogens (tertiary/aromatic N) is 2. The molecule has 0 aromatic heterocycles. The predicted octanol–water partition coefficient (Wildman–Crippen LogP) is 2.29. The summed E-state index contributed by atoms with van der Waals surface area (Å²) in [6.07, 6.45) is 3.08. The largest absolute Gasteiger partial charge is 0.352 e. The maximum atomic E-state index is 12.5. The van der Waals surface area contributed by atoms with E-state index < -0.39 is 10.0 Å². The molecule has 0 spiro atoms. The van der Waals surface area contributed by atoms with Crippen molar-refractivity contribution >= 4 is 28.0 Å². The Labute approximate surface area is 137 Å². The van der Waals surface area contributed by atoms with Gasteiger partial charge in [-0.2, -0.15) is 0 Å². The number of hydrogen-bond donors (Lipinski definition) is 1. The fraction of sp³-hybridized carbons (Fsp3) is 0.500. The van der Waals surface area contributed by atoms with Crippen LogP contribution in [-0.2, 0) is 14.8 Å². The van der Waals surface area contributed by atoms with Crippen molar-refractivity contribution in [3.05, 3.63) is 24.3 Å². The van der Waals surface area contributed by atoms with Gasteiger partial charge in [-0.15, -0.1) is 0 Å². The number of sulfonamides is 1. The summed E-state index contributed by atoms with van der Waals surface area (Å²) in [5.41, 5.74) is 0.398. The maximum absolute atomic E-state index is 12.5. The van der Waals surface area contributed by atoms with Crippen LogP contribution in [0.5, 0.6) is 0 Å². The highest BCUT2D eigenvalue weighted by molar-refractivity contribution is 7.89. The Morgan fingerprint density at radius 1 is 1.22 bits per heavy atom. The molecule has 1 aromatic carbocycles. The van der Waals surface area contributed by atoms with E-state index in [0.29, 0.717) is 11.6 Å². The van der Waals surface area contributed by atoms with Gasteiger partial charge >= 0.3 is 0 Å². The van der Waals surface area contributed by atoms with E-state index in [1.807, 2.05) is 6.92 Å². The summed E-state index contributed by atoms with van der Waals surface area (Å²) in [6, 6.07) is 6.52. The molecule has 23 heavy (non-hydrogen) atoms. The molecule has 1 aromatic rings. The van der Waals surface area contributed by atoms with Crippen molar-refractivity contribution in [2.24, 2.45) is 10.9 Å². The van der Waals surface area contributed by atoms with Gasteiger partial charge in [0.1, 0.15) is 17.8 Å². The second kappa shape index (κ2) is 7.12. The quantitative estimate of drug-likeness (QED) is 0.865. The van der Waals surface area contributed by atoms with Crippen LogP contribution < -0.4 is 5.32 Å². The van der Waals surface area contributed by atoms with E-state index in [4.69, 9.17) is 0 Å². The van der Waals surface area contributed by atoms with Crippen molar-refractivity contribution in [2.75, 3.05) is 6.54 Å². The van der Waals surface area contributed by atoms with Gasteiger partial charge in [-0.05, 0) is 37.8 Å². The molecule has 126 valence electrons. The first-order valence-corrected chi connectivity index (χ1v) is 9.19. The van der Waals surface area contributed by atoms with Crippen LogP contribution in [0.15, 0.2) is 34.2 Å². The van der Waals surface area contributed by atoms with Crippen LogP contribution in [0.25, 0.3) is 0 Å². The molecule has 1 N–H and O–H groups in total. The average Bonchev–Trinajstić information content (AvgIpc) is 2.48. The number of hydrogen-bond acceptors (Lipinski definition) is 4. The van der Waals surface area contributed by atoms with Crippen molar-refractivity contribution < 1.29 is 13.2 Å². The molecule has 0 radical (unpaired) electrons. The van der Waals surface area contributed by atoms with Crippen molar-refractivity contribution in [3.8, 4) is 0 Å². The molecule has 1 unspecified atom stereocenters. The standard InChI is InChI=1S/C16H23N3O3S/c1-12(2)8-9-13(3)18-16(20)10-19-11-17-14-6-4-5-7-15(14)23(19,21)22/h4-7,11-13H,8-10H2,1-3H3,(H,18,20). The number of nitrogens with one attached hydrogen (secondary N) is 1. The Balaban J connectivity index is 2.00. The van der Waals surface area contributed by atoms with E-state index in [1.54, 1.807) is 18.2 Å². The van der Waals surface area contributed by atoms with Gasteiger partial charge in [0.15, 0.2) is 0 Å². The van der Waals surface area contributed by atoms with E-state index in [9.17, 15) is 13.2 Å². The highest BCUT2D eigenvalue weighted by Crippen LogP contribution is 2.29. The minimum Gasteiger partial charge on any atom is -0.352 e. The van der Waals surface area contributed by atoms with Crippen molar-refractivity contribution in [3.63, 3.8) is 0 Å². The van der Waals surface area contributed by atoms with Crippen LogP contribution in [0, 0.1) is 5.92 Å². The summed E-state index contributed by atoms with van der Waals surface area (Å²) in [6.45, 7) is 5.92. The molecule has 6 nitrogen and oxygen atoms in total. The summed E-state index contributed by atoms with van der Waals surface area (Å²) in [4.78, 5) is 16.3. The van der Waals surface area contributed by atoms with Gasteiger partial charge in [0, 0.05) is 6.04 Å². The summed E-state index contributed by atoms with van der Waals surface area (Å²) in [5, 5.41) is 2.84. The summed E-state index contributed by atoms with van der Waals surface area (Å²) < 4.78 is 26.0. The highest BCUT2D eigenvalue weighted by atomic mass is 32.2. The lowest BCUT2D eigenvalue weighted by Gasteiger charge is -2.24. The van der Waals surface area contributed by atoms with Crippen LogP contribution in [0.3, 0.4) is 0 Å². The summed E-state index contributed by atoms with van der Waals surface area (Å²) >= 11 is 0. The third kappa shape index (κ3) is 4.31. The van der Waals surface area contributed by atoms with Crippen LogP contribution in [0.2, 0.25) is 0 Å². The van der Waals surface area contributed by atoms with Gasteiger partial charge in [-0.3, -0.25) is 4.79 Å². The van der Waals surface area contributed by atoms with Crippen molar-refractivity contribution in [1.29, 1.82) is 0 Å². The molecule has 0 saturated heterocycles. The molecule has 1 amide bonds. The number of para-hydroxylation sites is 1. The van der Waals surface area contributed by atoms with E-state index in [-0.39, 0.29) is 23.4 Å².